The lowest BCUT2D eigenvalue weighted by Crippen LogP contribution is -2.44. The van der Waals surface area contributed by atoms with Crippen LogP contribution < -0.4 is 4.74 Å². The van der Waals surface area contributed by atoms with Crippen molar-refractivity contribution in [2.45, 2.75) is 76.4 Å². The van der Waals surface area contributed by atoms with E-state index in [4.69, 9.17) is 27.9 Å². The normalized spacial score (nSPS) is 23.2. The van der Waals surface area contributed by atoms with Gasteiger partial charge in [0.15, 0.2) is 0 Å². The van der Waals surface area contributed by atoms with E-state index < -0.39 is 23.7 Å². The number of hydrogen-bond acceptors (Lipinski definition) is 4. The summed E-state index contributed by atoms with van der Waals surface area (Å²) in [5.74, 6) is -1.18. The lowest BCUT2D eigenvalue weighted by atomic mass is 9.95. The van der Waals surface area contributed by atoms with Crippen LogP contribution in [0.3, 0.4) is 0 Å². The van der Waals surface area contributed by atoms with Crippen molar-refractivity contribution in [1.29, 1.82) is 0 Å². The Morgan fingerprint density at radius 3 is 2.31 bits per heavy atom. The summed E-state index contributed by atoms with van der Waals surface area (Å²) in [5, 5.41) is 10.8. The number of benzene rings is 2. The van der Waals surface area contributed by atoms with E-state index in [1.165, 1.54) is 11.0 Å². The number of likely N-dealkylation sites (tertiary alicyclic amines) is 2. The molecule has 2 saturated heterocycles. The number of carboxylic acid groups (broad SMARTS) is 1. The Kier molecular flexibility index (Phi) is 8.41. The summed E-state index contributed by atoms with van der Waals surface area (Å²) in [6.45, 7) is 6.29. The van der Waals surface area contributed by atoms with E-state index in [1.807, 2.05) is 19.1 Å². The minimum atomic E-state index is -1.05. The van der Waals surface area contributed by atoms with Crippen LogP contribution in [0.1, 0.15) is 85.8 Å². The molecule has 9 heteroatoms. The molecule has 3 fully saturated rings. The van der Waals surface area contributed by atoms with Gasteiger partial charge < -0.3 is 14.7 Å². The first-order chi connectivity index (χ1) is 18.6. The maximum atomic E-state index is 15.3. The van der Waals surface area contributed by atoms with Gasteiger partial charge in [0.05, 0.1) is 12.2 Å². The van der Waals surface area contributed by atoms with Crippen molar-refractivity contribution in [1.82, 2.24) is 9.80 Å². The molecule has 1 amide bonds. The number of carbonyl (C=O) groups is 2. The summed E-state index contributed by atoms with van der Waals surface area (Å²) in [6, 6.07) is 7.63. The van der Waals surface area contributed by atoms with E-state index in [-0.39, 0.29) is 23.6 Å². The topological polar surface area (TPSA) is 70.1 Å². The largest absolute Gasteiger partial charge is 0.493 e. The highest BCUT2D eigenvalue weighted by molar-refractivity contribution is 6.34. The molecule has 2 aromatic carbocycles. The second-order valence-electron chi connectivity index (χ2n) is 11.3. The zero-order valence-electron chi connectivity index (χ0n) is 22.3. The fourth-order valence-corrected chi connectivity index (χ4v) is 6.57. The summed E-state index contributed by atoms with van der Waals surface area (Å²) in [4.78, 5) is 28.7. The third kappa shape index (κ3) is 6.21. The zero-order valence-corrected chi connectivity index (χ0v) is 23.8. The van der Waals surface area contributed by atoms with E-state index in [9.17, 15) is 14.7 Å². The average Bonchev–Trinajstić information content (AvgIpc) is 3.67. The number of amides is 1. The van der Waals surface area contributed by atoms with Crippen LogP contribution in [-0.2, 0) is 4.79 Å². The van der Waals surface area contributed by atoms with E-state index in [1.54, 1.807) is 12.1 Å². The van der Waals surface area contributed by atoms with Gasteiger partial charge in [-0.1, -0.05) is 23.2 Å². The van der Waals surface area contributed by atoms with Crippen molar-refractivity contribution in [2.75, 3.05) is 19.7 Å². The molecule has 2 heterocycles. The molecule has 1 N–H and O–H groups in total. The second-order valence-corrected chi connectivity index (χ2v) is 12.2. The minimum Gasteiger partial charge on any atom is -0.493 e. The van der Waals surface area contributed by atoms with Crippen molar-refractivity contribution >= 4 is 35.1 Å². The quantitative estimate of drug-likeness (QED) is 0.368. The summed E-state index contributed by atoms with van der Waals surface area (Å²) < 4.78 is 21.5. The van der Waals surface area contributed by atoms with Crippen molar-refractivity contribution in [3.63, 3.8) is 0 Å². The van der Waals surface area contributed by atoms with Gasteiger partial charge in [0.2, 0.25) is 0 Å². The molecule has 0 radical (unpaired) electrons. The van der Waals surface area contributed by atoms with Gasteiger partial charge in [0.1, 0.15) is 17.6 Å². The van der Waals surface area contributed by atoms with Crippen LogP contribution in [0.4, 0.5) is 4.39 Å². The number of aliphatic carboxylic acids is 1. The van der Waals surface area contributed by atoms with Gasteiger partial charge >= 0.3 is 5.97 Å². The molecule has 6 nitrogen and oxygen atoms in total. The first-order valence-corrected chi connectivity index (χ1v) is 14.6. The van der Waals surface area contributed by atoms with Crippen LogP contribution in [-0.4, -0.2) is 58.6 Å². The Balaban J connectivity index is 1.23. The second kappa shape index (κ2) is 11.6. The maximum Gasteiger partial charge on any atom is 0.326 e. The summed E-state index contributed by atoms with van der Waals surface area (Å²) in [5.41, 5.74) is 1.88. The Hall–Kier alpha value is -2.35. The van der Waals surface area contributed by atoms with E-state index in [0.717, 1.165) is 49.9 Å². The molecule has 2 aromatic rings. The van der Waals surface area contributed by atoms with Gasteiger partial charge in [-0.05, 0) is 113 Å². The van der Waals surface area contributed by atoms with Crippen molar-refractivity contribution in [3.05, 3.63) is 62.9 Å². The van der Waals surface area contributed by atoms with Gasteiger partial charge in [0, 0.05) is 28.2 Å². The molecule has 0 aromatic heterocycles. The average molecular weight is 578 g/mol. The fraction of sp³-hybridized carbons (Fsp3) is 0.533. The van der Waals surface area contributed by atoms with Crippen LogP contribution in [0.5, 0.6) is 5.75 Å². The smallest absolute Gasteiger partial charge is 0.326 e. The minimum absolute atomic E-state index is 0.0623. The van der Waals surface area contributed by atoms with Crippen molar-refractivity contribution < 1.29 is 23.8 Å². The Labute approximate surface area is 239 Å². The van der Waals surface area contributed by atoms with Gasteiger partial charge in [-0.25, -0.2) is 9.18 Å². The lowest BCUT2D eigenvalue weighted by molar-refractivity contribution is -0.141. The van der Waals surface area contributed by atoms with Crippen LogP contribution in [0.2, 0.25) is 10.0 Å². The molecule has 210 valence electrons. The molecule has 2 aliphatic heterocycles. The highest BCUT2D eigenvalue weighted by atomic mass is 35.5. The zero-order chi connectivity index (χ0) is 27.8. The number of rotatable bonds is 8. The molecule has 1 saturated carbocycles. The molecule has 1 aliphatic carbocycles. The van der Waals surface area contributed by atoms with Gasteiger partial charge in [-0.3, -0.25) is 9.69 Å². The predicted molar refractivity (Wildman–Crippen MR) is 149 cm³/mol. The van der Waals surface area contributed by atoms with Crippen molar-refractivity contribution in [3.8, 4) is 5.75 Å². The highest BCUT2D eigenvalue weighted by Crippen LogP contribution is 2.46. The summed E-state index contributed by atoms with van der Waals surface area (Å²) in [7, 11) is 0. The van der Waals surface area contributed by atoms with Crippen LogP contribution in [0.25, 0.3) is 0 Å². The van der Waals surface area contributed by atoms with Gasteiger partial charge in [0.25, 0.3) is 5.91 Å². The Morgan fingerprint density at radius 1 is 1.03 bits per heavy atom. The molecule has 39 heavy (non-hydrogen) atoms. The summed E-state index contributed by atoms with van der Waals surface area (Å²) in [6.07, 6.45) is 4.82. The lowest BCUT2D eigenvalue weighted by Gasteiger charge is -2.36. The molecule has 0 bridgehead atoms. The summed E-state index contributed by atoms with van der Waals surface area (Å²) >= 11 is 12.4. The van der Waals surface area contributed by atoms with E-state index in [2.05, 4.69) is 11.8 Å². The molecule has 3 atom stereocenters. The Morgan fingerprint density at radius 2 is 1.69 bits per heavy atom. The SMILES string of the molecule is C[C@@H]1CC[C@@H](C(=O)O)N1C(=O)c1cc(C2CC2)c(OCC2CCN([C@@H](C)c3cc(Cl)cc(Cl)c3)CC2)cc1F. The third-order valence-electron chi connectivity index (χ3n) is 8.57. The first-order valence-electron chi connectivity index (χ1n) is 13.8. The fourth-order valence-electron chi connectivity index (χ4n) is 6.02. The van der Waals surface area contributed by atoms with Gasteiger partial charge in [-0.15, -0.1) is 0 Å². The van der Waals surface area contributed by atoms with E-state index in [0.29, 0.717) is 41.2 Å². The first kappa shape index (κ1) is 28.2. The number of piperidine rings is 1. The molecule has 5 rings (SSSR count). The highest BCUT2D eigenvalue weighted by Gasteiger charge is 2.40. The number of ether oxygens (including phenoxy) is 1. The molecule has 0 spiro atoms. The van der Waals surface area contributed by atoms with Crippen LogP contribution in [0, 0.1) is 11.7 Å². The number of nitrogens with zero attached hydrogens (tertiary/aromatic N) is 2. The maximum absolute atomic E-state index is 15.3. The Bertz CT molecular complexity index is 1230. The van der Waals surface area contributed by atoms with Crippen LogP contribution in [0.15, 0.2) is 30.3 Å². The molecular formula is C30H35Cl2FN2O4. The van der Waals surface area contributed by atoms with E-state index >= 15 is 4.39 Å². The predicted octanol–water partition coefficient (Wildman–Crippen LogP) is 6.94. The standard InChI is InChI=1S/C30H35Cl2FN2O4/c1-17-3-6-27(30(37)38)35(17)29(36)25-14-24(20-4-5-20)28(15-26(25)33)39-16-19-7-9-34(10-8-19)18(2)21-11-22(31)13-23(32)12-21/h11-15,17-20,27H,3-10,16H2,1-2H3,(H,37,38)/t17-,18+,27+/m1/s1. The molecular weight excluding hydrogens is 542 g/mol. The molecule has 3 aliphatic rings. The number of hydrogen-bond donors (Lipinski definition) is 1. The van der Waals surface area contributed by atoms with Gasteiger partial charge in [-0.2, -0.15) is 0 Å². The number of halogens is 3. The monoisotopic (exact) mass is 576 g/mol. The third-order valence-corrected chi connectivity index (χ3v) is 9.01. The number of carboxylic acids is 1. The number of carbonyl (C=O) groups excluding carboxylic acids is 1. The molecule has 0 unspecified atom stereocenters. The van der Waals surface area contributed by atoms with Crippen molar-refractivity contribution in [2.24, 2.45) is 5.92 Å². The van der Waals surface area contributed by atoms with Crippen LogP contribution >= 0.6 is 23.2 Å².